The summed E-state index contributed by atoms with van der Waals surface area (Å²) in [6.45, 7) is 9.83. The van der Waals surface area contributed by atoms with E-state index in [9.17, 15) is 0 Å². The molecule has 2 heteroatoms. The summed E-state index contributed by atoms with van der Waals surface area (Å²) in [5.74, 6) is 0. The molecular formula is C14H22N2. The molecule has 1 aromatic carbocycles. The molecule has 1 aliphatic heterocycles. The highest BCUT2D eigenvalue weighted by atomic mass is 15.1. The Hall–Kier alpha value is -0.860. The van der Waals surface area contributed by atoms with E-state index in [0.29, 0.717) is 0 Å². The third-order valence-electron chi connectivity index (χ3n) is 3.66. The van der Waals surface area contributed by atoms with E-state index < -0.39 is 0 Å². The van der Waals surface area contributed by atoms with E-state index in [1.54, 1.807) is 0 Å². The van der Waals surface area contributed by atoms with Crippen molar-refractivity contribution in [3.05, 3.63) is 34.9 Å². The summed E-state index contributed by atoms with van der Waals surface area (Å²) in [6, 6.07) is 6.72. The molecule has 1 aliphatic rings. The van der Waals surface area contributed by atoms with Crippen molar-refractivity contribution in [2.45, 2.75) is 39.3 Å². The van der Waals surface area contributed by atoms with E-state index in [1.807, 2.05) is 0 Å². The lowest BCUT2D eigenvalue weighted by molar-refractivity contribution is 0.385. The van der Waals surface area contributed by atoms with Gasteiger partial charge in [0.05, 0.1) is 0 Å². The molecule has 1 heterocycles. The Kier molecular flexibility index (Phi) is 3.31. The molecular weight excluding hydrogens is 196 g/mol. The maximum Gasteiger partial charge on any atom is 0.0293 e. The van der Waals surface area contributed by atoms with E-state index in [1.165, 1.54) is 23.1 Å². The number of benzene rings is 1. The minimum atomic E-state index is 0.277. The number of nitrogens with one attached hydrogen (secondary N) is 2. The molecule has 1 fully saturated rings. The lowest BCUT2D eigenvalue weighted by Gasteiger charge is -2.24. The minimum absolute atomic E-state index is 0.277. The van der Waals surface area contributed by atoms with Gasteiger partial charge in [0.25, 0.3) is 0 Å². The Morgan fingerprint density at radius 3 is 2.75 bits per heavy atom. The molecule has 0 radical (unpaired) electrons. The summed E-state index contributed by atoms with van der Waals surface area (Å²) in [6.07, 6.45) is 1.22. The lowest BCUT2D eigenvalue weighted by Crippen LogP contribution is -2.43. The van der Waals surface area contributed by atoms with Crippen LogP contribution in [0.4, 0.5) is 0 Å². The van der Waals surface area contributed by atoms with Gasteiger partial charge in [0, 0.05) is 18.6 Å². The van der Waals surface area contributed by atoms with Crippen LogP contribution in [0.15, 0.2) is 18.2 Å². The van der Waals surface area contributed by atoms with Gasteiger partial charge in [-0.3, -0.25) is 0 Å². The quantitative estimate of drug-likeness (QED) is 0.812. The molecule has 1 unspecified atom stereocenters. The van der Waals surface area contributed by atoms with Crippen molar-refractivity contribution in [3.8, 4) is 0 Å². The molecule has 0 saturated carbocycles. The molecule has 0 bridgehead atoms. The molecule has 1 aromatic rings. The number of hydrogen-bond donors (Lipinski definition) is 2. The molecule has 0 amide bonds. The van der Waals surface area contributed by atoms with Gasteiger partial charge < -0.3 is 10.6 Å². The molecule has 2 N–H and O–H groups in total. The highest BCUT2D eigenvalue weighted by molar-refractivity contribution is 5.29. The maximum atomic E-state index is 3.66. The first kappa shape index (κ1) is 11.6. The summed E-state index contributed by atoms with van der Waals surface area (Å²) in [7, 11) is 0. The van der Waals surface area contributed by atoms with Crippen LogP contribution in [0.1, 0.15) is 30.0 Å². The van der Waals surface area contributed by atoms with Gasteiger partial charge in [-0.15, -0.1) is 0 Å². The fourth-order valence-corrected chi connectivity index (χ4v) is 2.20. The smallest absolute Gasteiger partial charge is 0.0293 e. The fourth-order valence-electron chi connectivity index (χ4n) is 2.20. The summed E-state index contributed by atoms with van der Waals surface area (Å²) in [5.41, 5.74) is 4.42. The number of rotatable bonds is 3. The van der Waals surface area contributed by atoms with Crippen molar-refractivity contribution >= 4 is 0 Å². The third-order valence-corrected chi connectivity index (χ3v) is 3.66. The first-order valence-corrected chi connectivity index (χ1v) is 6.11. The van der Waals surface area contributed by atoms with Crippen molar-refractivity contribution in [2.75, 3.05) is 13.1 Å². The van der Waals surface area contributed by atoms with Gasteiger partial charge >= 0.3 is 0 Å². The summed E-state index contributed by atoms with van der Waals surface area (Å²) in [4.78, 5) is 0. The second-order valence-electron chi connectivity index (χ2n) is 5.26. The first-order valence-electron chi connectivity index (χ1n) is 6.11. The Morgan fingerprint density at radius 1 is 1.31 bits per heavy atom. The van der Waals surface area contributed by atoms with E-state index in [0.717, 1.165) is 19.6 Å². The van der Waals surface area contributed by atoms with E-state index in [-0.39, 0.29) is 5.54 Å². The first-order chi connectivity index (χ1) is 7.59. The van der Waals surface area contributed by atoms with E-state index in [4.69, 9.17) is 0 Å². The number of aryl methyl sites for hydroxylation is 2. The minimum Gasteiger partial charge on any atom is -0.315 e. The average molecular weight is 218 g/mol. The van der Waals surface area contributed by atoms with Gasteiger partial charge in [0.2, 0.25) is 0 Å². The largest absolute Gasteiger partial charge is 0.315 e. The van der Waals surface area contributed by atoms with Crippen LogP contribution in [0.25, 0.3) is 0 Å². The van der Waals surface area contributed by atoms with Crippen LogP contribution >= 0.6 is 0 Å². The van der Waals surface area contributed by atoms with Crippen LogP contribution in [-0.2, 0) is 6.54 Å². The standard InChI is InChI=1S/C14H22N2/c1-11-4-5-13(8-12(11)2)9-16-14(3)6-7-15-10-14/h4-5,8,15-16H,6-7,9-10H2,1-3H3. The summed E-state index contributed by atoms with van der Waals surface area (Å²) >= 11 is 0. The normalized spacial score (nSPS) is 24.9. The Bertz CT molecular complexity index is 365. The Balaban J connectivity index is 1.96. The second-order valence-corrected chi connectivity index (χ2v) is 5.26. The zero-order valence-electron chi connectivity index (χ0n) is 10.6. The monoisotopic (exact) mass is 218 g/mol. The van der Waals surface area contributed by atoms with E-state index in [2.05, 4.69) is 49.6 Å². The van der Waals surface area contributed by atoms with Crippen LogP contribution in [0.3, 0.4) is 0 Å². The van der Waals surface area contributed by atoms with Crippen LogP contribution in [0.5, 0.6) is 0 Å². The molecule has 1 atom stereocenters. The summed E-state index contributed by atoms with van der Waals surface area (Å²) in [5, 5.41) is 7.07. The lowest BCUT2D eigenvalue weighted by atomic mass is 10.0. The molecule has 0 spiro atoms. The Morgan fingerprint density at radius 2 is 2.12 bits per heavy atom. The zero-order valence-corrected chi connectivity index (χ0v) is 10.6. The maximum absolute atomic E-state index is 3.66. The predicted octanol–water partition coefficient (Wildman–Crippen LogP) is 2.15. The topological polar surface area (TPSA) is 24.1 Å². The molecule has 0 aliphatic carbocycles. The van der Waals surface area contributed by atoms with Crippen molar-refractivity contribution in [2.24, 2.45) is 0 Å². The van der Waals surface area contributed by atoms with Crippen LogP contribution in [-0.4, -0.2) is 18.6 Å². The highest BCUT2D eigenvalue weighted by Crippen LogP contribution is 2.15. The van der Waals surface area contributed by atoms with Gasteiger partial charge in [-0.05, 0) is 50.4 Å². The molecule has 88 valence electrons. The van der Waals surface area contributed by atoms with Gasteiger partial charge in [-0.25, -0.2) is 0 Å². The Labute approximate surface area is 98.4 Å². The van der Waals surface area contributed by atoms with Crippen molar-refractivity contribution in [3.63, 3.8) is 0 Å². The van der Waals surface area contributed by atoms with E-state index >= 15 is 0 Å². The van der Waals surface area contributed by atoms with Crippen LogP contribution in [0, 0.1) is 13.8 Å². The second kappa shape index (κ2) is 4.56. The van der Waals surface area contributed by atoms with Crippen molar-refractivity contribution < 1.29 is 0 Å². The molecule has 1 saturated heterocycles. The average Bonchev–Trinajstić information content (AvgIpc) is 2.68. The van der Waals surface area contributed by atoms with Gasteiger partial charge in [-0.2, -0.15) is 0 Å². The molecule has 0 aromatic heterocycles. The number of hydrogen-bond acceptors (Lipinski definition) is 2. The summed E-state index contributed by atoms with van der Waals surface area (Å²) < 4.78 is 0. The SMILES string of the molecule is Cc1ccc(CNC2(C)CCNC2)cc1C. The highest BCUT2D eigenvalue weighted by Gasteiger charge is 2.27. The zero-order chi connectivity index (χ0) is 11.6. The van der Waals surface area contributed by atoms with Gasteiger partial charge in [0.15, 0.2) is 0 Å². The molecule has 16 heavy (non-hydrogen) atoms. The fraction of sp³-hybridized carbons (Fsp3) is 0.571. The third kappa shape index (κ3) is 2.63. The van der Waals surface area contributed by atoms with Crippen LogP contribution < -0.4 is 10.6 Å². The van der Waals surface area contributed by atoms with Gasteiger partial charge in [0.1, 0.15) is 0 Å². The molecule has 2 rings (SSSR count). The van der Waals surface area contributed by atoms with Crippen molar-refractivity contribution in [1.29, 1.82) is 0 Å². The van der Waals surface area contributed by atoms with Crippen LogP contribution in [0.2, 0.25) is 0 Å². The molecule has 2 nitrogen and oxygen atoms in total. The van der Waals surface area contributed by atoms with Crippen molar-refractivity contribution in [1.82, 2.24) is 10.6 Å². The van der Waals surface area contributed by atoms with Gasteiger partial charge in [-0.1, -0.05) is 18.2 Å². The predicted molar refractivity (Wildman–Crippen MR) is 68.6 cm³/mol.